The molecule has 0 heterocycles. The lowest BCUT2D eigenvalue weighted by Crippen LogP contribution is -2.21. The summed E-state index contributed by atoms with van der Waals surface area (Å²) in [5, 5.41) is 13.0. The highest BCUT2D eigenvalue weighted by atomic mass is 16.6. The third kappa shape index (κ3) is 4.83. The number of carbonyl (C=O) groups excluding carboxylic acids is 2. The van der Waals surface area contributed by atoms with Crippen molar-refractivity contribution in [1.82, 2.24) is 0 Å². The van der Waals surface area contributed by atoms with Crippen LogP contribution in [0.15, 0.2) is 24.3 Å². The molecule has 0 saturated heterocycles. The molecule has 7 nitrogen and oxygen atoms in total. The summed E-state index contributed by atoms with van der Waals surface area (Å²) in [6, 6.07) is 5.44. The fourth-order valence-electron chi connectivity index (χ4n) is 2.52. The summed E-state index contributed by atoms with van der Waals surface area (Å²) in [5.74, 6) is -0.440. The lowest BCUT2D eigenvalue weighted by Gasteiger charge is -2.09. The molecule has 2 rings (SSSR count). The fraction of sp³-hybridized carbons (Fsp3) is 0.467. The van der Waals surface area contributed by atoms with Crippen LogP contribution in [-0.2, 0) is 14.3 Å². The van der Waals surface area contributed by atoms with Gasteiger partial charge in [-0.3, -0.25) is 19.7 Å². The summed E-state index contributed by atoms with van der Waals surface area (Å²) in [6.07, 6.45) is 4.76. The van der Waals surface area contributed by atoms with Crippen molar-refractivity contribution in [3.8, 4) is 0 Å². The highest BCUT2D eigenvalue weighted by molar-refractivity contribution is 5.92. The molecule has 1 saturated carbocycles. The molecule has 1 fully saturated rings. The first kappa shape index (κ1) is 15.9. The zero-order chi connectivity index (χ0) is 15.9. The van der Waals surface area contributed by atoms with E-state index in [2.05, 4.69) is 5.32 Å². The maximum Gasteiger partial charge on any atom is 0.306 e. The Morgan fingerprint density at radius 1 is 1.23 bits per heavy atom. The number of carbonyl (C=O) groups is 2. The minimum absolute atomic E-state index is 0.0546. The molecule has 7 heteroatoms. The van der Waals surface area contributed by atoms with E-state index in [-0.39, 0.29) is 18.3 Å². The van der Waals surface area contributed by atoms with E-state index < -0.39 is 10.8 Å². The molecule has 1 aliphatic carbocycles. The number of non-ortho nitro benzene ring substituents is 1. The predicted octanol–water partition coefficient (Wildman–Crippen LogP) is 2.66. The fourth-order valence-corrected chi connectivity index (χ4v) is 2.52. The zero-order valence-corrected chi connectivity index (χ0v) is 12.1. The summed E-state index contributed by atoms with van der Waals surface area (Å²) in [7, 11) is 0. The molecule has 0 aliphatic heterocycles. The van der Waals surface area contributed by atoms with Gasteiger partial charge in [-0.2, -0.15) is 0 Å². The second-order valence-corrected chi connectivity index (χ2v) is 5.37. The van der Waals surface area contributed by atoms with E-state index in [1.165, 1.54) is 24.3 Å². The second kappa shape index (κ2) is 7.53. The Labute approximate surface area is 127 Å². The van der Waals surface area contributed by atoms with Crippen LogP contribution in [0.1, 0.15) is 32.1 Å². The van der Waals surface area contributed by atoms with Crippen LogP contribution in [0.2, 0.25) is 0 Å². The summed E-state index contributed by atoms with van der Waals surface area (Å²) in [6.45, 7) is -0.345. The van der Waals surface area contributed by atoms with E-state index in [0.717, 1.165) is 25.7 Å². The average molecular weight is 306 g/mol. The number of esters is 1. The molecule has 0 bridgehead atoms. The molecular formula is C15H18N2O5. The van der Waals surface area contributed by atoms with Crippen molar-refractivity contribution in [3.63, 3.8) is 0 Å². The molecule has 1 amide bonds. The van der Waals surface area contributed by atoms with Crippen LogP contribution in [0.5, 0.6) is 0 Å². The Morgan fingerprint density at radius 3 is 2.45 bits per heavy atom. The van der Waals surface area contributed by atoms with Crippen LogP contribution in [-0.4, -0.2) is 23.4 Å². The van der Waals surface area contributed by atoms with Gasteiger partial charge in [0.1, 0.15) is 0 Å². The number of nitrogens with one attached hydrogen (secondary N) is 1. The maximum absolute atomic E-state index is 11.7. The second-order valence-electron chi connectivity index (χ2n) is 5.37. The number of hydrogen-bond donors (Lipinski definition) is 1. The quantitative estimate of drug-likeness (QED) is 0.495. The first-order valence-corrected chi connectivity index (χ1v) is 7.24. The maximum atomic E-state index is 11.7. The van der Waals surface area contributed by atoms with Crippen molar-refractivity contribution in [3.05, 3.63) is 34.4 Å². The van der Waals surface area contributed by atoms with Gasteiger partial charge in [0.25, 0.3) is 11.6 Å². The lowest BCUT2D eigenvalue weighted by molar-refractivity contribution is -0.384. The normalized spacial score (nSPS) is 14.5. The summed E-state index contributed by atoms with van der Waals surface area (Å²) >= 11 is 0. The standard InChI is InChI=1S/C15H18N2O5/c18-14(10-22-15(19)9-11-3-1-2-4-11)16-12-5-7-13(8-6-12)17(20)21/h5-8,11H,1-4,9-10H2,(H,16,18). The molecular weight excluding hydrogens is 288 g/mol. The number of anilines is 1. The molecule has 0 unspecified atom stereocenters. The first-order chi connectivity index (χ1) is 10.5. The Bertz CT molecular complexity index is 550. The average Bonchev–Trinajstić information content (AvgIpc) is 2.98. The molecule has 1 aromatic carbocycles. The van der Waals surface area contributed by atoms with Crippen molar-refractivity contribution in [2.75, 3.05) is 11.9 Å². The molecule has 0 atom stereocenters. The van der Waals surface area contributed by atoms with Crippen molar-refractivity contribution in [2.45, 2.75) is 32.1 Å². The topological polar surface area (TPSA) is 98.5 Å². The van der Waals surface area contributed by atoms with Gasteiger partial charge in [0, 0.05) is 24.2 Å². The molecule has 118 valence electrons. The molecule has 1 N–H and O–H groups in total. The van der Waals surface area contributed by atoms with E-state index in [4.69, 9.17) is 4.74 Å². The van der Waals surface area contributed by atoms with E-state index in [0.29, 0.717) is 18.0 Å². The minimum Gasteiger partial charge on any atom is -0.456 e. The molecule has 0 spiro atoms. The SMILES string of the molecule is O=C(COC(=O)CC1CCCC1)Nc1ccc([N+](=O)[O-])cc1. The van der Waals surface area contributed by atoms with Crippen LogP contribution in [0.3, 0.4) is 0 Å². The van der Waals surface area contributed by atoms with Gasteiger partial charge in [-0.15, -0.1) is 0 Å². The number of nitrogens with zero attached hydrogens (tertiary/aromatic N) is 1. The van der Waals surface area contributed by atoms with E-state index in [9.17, 15) is 19.7 Å². The smallest absolute Gasteiger partial charge is 0.306 e. The van der Waals surface area contributed by atoms with Gasteiger partial charge in [0.05, 0.1) is 4.92 Å². The minimum atomic E-state index is -0.517. The Kier molecular flexibility index (Phi) is 5.46. The number of rotatable bonds is 6. The van der Waals surface area contributed by atoms with Gasteiger partial charge in [0.15, 0.2) is 6.61 Å². The number of hydrogen-bond acceptors (Lipinski definition) is 5. The van der Waals surface area contributed by atoms with Crippen molar-refractivity contribution < 1.29 is 19.2 Å². The molecule has 0 aromatic heterocycles. The number of amides is 1. The Morgan fingerprint density at radius 2 is 1.86 bits per heavy atom. The van der Waals surface area contributed by atoms with Crippen molar-refractivity contribution in [1.29, 1.82) is 0 Å². The number of nitro benzene ring substituents is 1. The number of benzene rings is 1. The van der Waals surface area contributed by atoms with Gasteiger partial charge in [-0.25, -0.2) is 0 Å². The third-order valence-electron chi connectivity index (χ3n) is 3.66. The van der Waals surface area contributed by atoms with Crippen LogP contribution in [0.25, 0.3) is 0 Å². The predicted molar refractivity (Wildman–Crippen MR) is 79.3 cm³/mol. The van der Waals surface area contributed by atoms with E-state index in [1.807, 2.05) is 0 Å². The van der Waals surface area contributed by atoms with Gasteiger partial charge in [-0.05, 0) is 30.9 Å². The molecule has 1 aliphatic rings. The summed E-state index contributed by atoms with van der Waals surface area (Å²) in [4.78, 5) is 33.2. The van der Waals surface area contributed by atoms with Crippen LogP contribution in [0.4, 0.5) is 11.4 Å². The Balaban J connectivity index is 1.72. The van der Waals surface area contributed by atoms with Gasteiger partial charge in [-0.1, -0.05) is 12.8 Å². The van der Waals surface area contributed by atoms with Crippen LogP contribution >= 0.6 is 0 Å². The zero-order valence-electron chi connectivity index (χ0n) is 12.1. The first-order valence-electron chi connectivity index (χ1n) is 7.24. The highest BCUT2D eigenvalue weighted by Crippen LogP contribution is 2.27. The van der Waals surface area contributed by atoms with Gasteiger partial charge < -0.3 is 10.1 Å². The summed E-state index contributed by atoms with van der Waals surface area (Å²) in [5.41, 5.74) is 0.364. The van der Waals surface area contributed by atoms with E-state index >= 15 is 0 Å². The van der Waals surface area contributed by atoms with Crippen molar-refractivity contribution in [2.24, 2.45) is 5.92 Å². The van der Waals surface area contributed by atoms with Crippen LogP contribution < -0.4 is 5.32 Å². The number of ether oxygens (including phenoxy) is 1. The number of nitro groups is 1. The summed E-state index contributed by atoms with van der Waals surface area (Å²) < 4.78 is 4.94. The lowest BCUT2D eigenvalue weighted by atomic mass is 10.1. The van der Waals surface area contributed by atoms with Gasteiger partial charge >= 0.3 is 5.97 Å². The van der Waals surface area contributed by atoms with Crippen LogP contribution in [0, 0.1) is 16.0 Å². The monoisotopic (exact) mass is 306 g/mol. The van der Waals surface area contributed by atoms with E-state index in [1.54, 1.807) is 0 Å². The molecule has 1 aromatic rings. The molecule has 0 radical (unpaired) electrons. The van der Waals surface area contributed by atoms with Crippen molar-refractivity contribution >= 4 is 23.3 Å². The largest absolute Gasteiger partial charge is 0.456 e. The Hall–Kier alpha value is -2.44. The highest BCUT2D eigenvalue weighted by Gasteiger charge is 2.19. The molecule has 22 heavy (non-hydrogen) atoms. The van der Waals surface area contributed by atoms with Gasteiger partial charge in [0.2, 0.25) is 0 Å². The third-order valence-corrected chi connectivity index (χ3v) is 3.66.